The van der Waals surface area contributed by atoms with E-state index in [1.54, 1.807) is 0 Å². The minimum Gasteiger partial charge on any atom is -0.379 e. The van der Waals surface area contributed by atoms with E-state index in [4.69, 9.17) is 10.5 Å². The van der Waals surface area contributed by atoms with Gasteiger partial charge in [-0.15, -0.1) is 0 Å². The number of hydrogen-bond donors (Lipinski definition) is 1. The summed E-state index contributed by atoms with van der Waals surface area (Å²) in [7, 11) is 4.24. The van der Waals surface area contributed by atoms with Gasteiger partial charge in [0, 0.05) is 18.5 Å². The summed E-state index contributed by atoms with van der Waals surface area (Å²) >= 11 is 0. The first-order valence-electron chi connectivity index (χ1n) is 6.34. The molecule has 0 aliphatic carbocycles. The second-order valence-corrected chi connectivity index (χ2v) is 5.01. The van der Waals surface area contributed by atoms with Crippen LogP contribution < -0.4 is 5.73 Å². The lowest BCUT2D eigenvalue weighted by molar-refractivity contribution is 0.167. The molecule has 0 radical (unpaired) electrons. The summed E-state index contributed by atoms with van der Waals surface area (Å²) in [6.07, 6.45) is 1.23. The molecule has 2 N–H and O–H groups in total. The Hall–Kier alpha value is -0.160. The van der Waals surface area contributed by atoms with Crippen LogP contribution >= 0.6 is 0 Å². The van der Waals surface area contributed by atoms with Gasteiger partial charge in [-0.1, -0.05) is 6.92 Å². The summed E-state index contributed by atoms with van der Waals surface area (Å²) in [5, 5.41) is 0. The van der Waals surface area contributed by atoms with Gasteiger partial charge < -0.3 is 20.3 Å². The highest BCUT2D eigenvalue weighted by Crippen LogP contribution is 2.13. The first-order chi connectivity index (χ1) is 7.63. The maximum atomic E-state index is 6.00. The minimum atomic E-state index is 0.239. The fourth-order valence-electron chi connectivity index (χ4n) is 2.12. The third-order valence-electron chi connectivity index (χ3n) is 3.27. The Labute approximate surface area is 99.7 Å². The van der Waals surface area contributed by atoms with Gasteiger partial charge in [0.25, 0.3) is 0 Å². The van der Waals surface area contributed by atoms with Crippen molar-refractivity contribution in [3.8, 4) is 0 Å². The molecule has 0 aromatic rings. The van der Waals surface area contributed by atoms with Crippen molar-refractivity contribution in [1.82, 2.24) is 9.80 Å². The average molecular weight is 229 g/mol. The molecule has 0 bridgehead atoms. The molecule has 2 atom stereocenters. The van der Waals surface area contributed by atoms with Crippen molar-refractivity contribution < 1.29 is 4.74 Å². The smallest absolute Gasteiger partial charge is 0.0621 e. The molecule has 1 rings (SSSR count). The predicted octanol–water partition coefficient (Wildman–Crippen LogP) is 0.234. The van der Waals surface area contributed by atoms with E-state index in [2.05, 4.69) is 30.8 Å². The molecule has 0 saturated carbocycles. The maximum absolute atomic E-state index is 6.00. The highest BCUT2D eigenvalue weighted by molar-refractivity contribution is 4.80. The lowest BCUT2D eigenvalue weighted by Crippen LogP contribution is -2.39. The molecule has 1 saturated heterocycles. The Morgan fingerprint density at radius 2 is 2.00 bits per heavy atom. The molecular formula is C12H27N3O. The van der Waals surface area contributed by atoms with Crippen LogP contribution in [0, 0.1) is 5.92 Å². The average Bonchev–Trinajstić information content (AvgIpc) is 2.62. The molecule has 16 heavy (non-hydrogen) atoms. The van der Waals surface area contributed by atoms with Gasteiger partial charge in [-0.25, -0.2) is 0 Å². The van der Waals surface area contributed by atoms with Crippen LogP contribution in [0.1, 0.15) is 13.3 Å². The highest BCUT2D eigenvalue weighted by atomic mass is 16.5. The van der Waals surface area contributed by atoms with E-state index in [1.807, 2.05) is 0 Å². The van der Waals surface area contributed by atoms with E-state index in [0.717, 1.165) is 39.4 Å². The van der Waals surface area contributed by atoms with Crippen molar-refractivity contribution in [2.24, 2.45) is 11.7 Å². The van der Waals surface area contributed by atoms with Crippen LogP contribution in [0.5, 0.6) is 0 Å². The van der Waals surface area contributed by atoms with E-state index in [1.165, 1.54) is 6.42 Å². The lowest BCUT2D eigenvalue weighted by atomic mass is 10.0. The van der Waals surface area contributed by atoms with Crippen molar-refractivity contribution >= 4 is 0 Å². The Kier molecular flexibility index (Phi) is 6.28. The topological polar surface area (TPSA) is 41.7 Å². The molecule has 2 unspecified atom stereocenters. The molecule has 4 heteroatoms. The summed E-state index contributed by atoms with van der Waals surface area (Å²) in [5.74, 6) is 0.527. The van der Waals surface area contributed by atoms with Crippen molar-refractivity contribution in [3.63, 3.8) is 0 Å². The zero-order valence-corrected chi connectivity index (χ0v) is 11.0. The Balaban J connectivity index is 2.20. The second kappa shape index (κ2) is 7.22. The summed E-state index contributed by atoms with van der Waals surface area (Å²) < 4.78 is 5.40. The van der Waals surface area contributed by atoms with Gasteiger partial charge in [-0.3, -0.25) is 0 Å². The molecule has 1 aliphatic heterocycles. The van der Waals surface area contributed by atoms with Crippen LogP contribution in [0.4, 0.5) is 0 Å². The van der Waals surface area contributed by atoms with E-state index in [9.17, 15) is 0 Å². The molecule has 0 spiro atoms. The molecule has 0 amide bonds. The second-order valence-electron chi connectivity index (χ2n) is 5.01. The van der Waals surface area contributed by atoms with Crippen molar-refractivity contribution in [1.29, 1.82) is 0 Å². The van der Waals surface area contributed by atoms with Gasteiger partial charge in [0.1, 0.15) is 0 Å². The number of hydrogen-bond acceptors (Lipinski definition) is 4. The van der Waals surface area contributed by atoms with Gasteiger partial charge in [0.05, 0.1) is 13.2 Å². The third-order valence-corrected chi connectivity index (χ3v) is 3.27. The first-order valence-corrected chi connectivity index (χ1v) is 6.34. The Morgan fingerprint density at radius 3 is 2.50 bits per heavy atom. The molecular weight excluding hydrogens is 202 g/mol. The SMILES string of the molecule is CCN(CCCN(C)C)CC1COCC1N. The number of nitrogens with zero attached hydrogens (tertiary/aromatic N) is 2. The van der Waals surface area contributed by atoms with Crippen LogP contribution in [-0.4, -0.2) is 69.3 Å². The molecule has 1 fully saturated rings. The molecule has 1 aliphatic rings. The van der Waals surface area contributed by atoms with Gasteiger partial charge in [-0.2, -0.15) is 0 Å². The number of ether oxygens (including phenoxy) is 1. The molecule has 4 nitrogen and oxygen atoms in total. The first kappa shape index (κ1) is 13.9. The molecule has 1 heterocycles. The minimum absolute atomic E-state index is 0.239. The fourth-order valence-corrected chi connectivity index (χ4v) is 2.12. The Morgan fingerprint density at radius 1 is 1.25 bits per heavy atom. The van der Waals surface area contributed by atoms with E-state index in [-0.39, 0.29) is 6.04 Å². The normalized spacial score (nSPS) is 25.9. The van der Waals surface area contributed by atoms with E-state index < -0.39 is 0 Å². The number of rotatable bonds is 7. The van der Waals surface area contributed by atoms with Gasteiger partial charge >= 0.3 is 0 Å². The standard InChI is InChI=1S/C12H27N3O/c1-4-15(7-5-6-14(2)3)8-11-9-16-10-12(11)13/h11-12H,4-10,13H2,1-3H3. The fraction of sp³-hybridized carbons (Fsp3) is 1.00. The van der Waals surface area contributed by atoms with E-state index in [0.29, 0.717) is 5.92 Å². The zero-order valence-electron chi connectivity index (χ0n) is 11.0. The van der Waals surface area contributed by atoms with E-state index >= 15 is 0 Å². The summed E-state index contributed by atoms with van der Waals surface area (Å²) in [4.78, 5) is 4.72. The van der Waals surface area contributed by atoms with Crippen LogP contribution in [0.2, 0.25) is 0 Å². The predicted molar refractivity (Wildman–Crippen MR) is 67.6 cm³/mol. The molecule has 96 valence electrons. The molecule has 0 aromatic carbocycles. The van der Waals surface area contributed by atoms with Gasteiger partial charge in [0.2, 0.25) is 0 Å². The van der Waals surface area contributed by atoms with Crippen molar-refractivity contribution in [2.75, 3.05) is 53.5 Å². The summed E-state index contributed by atoms with van der Waals surface area (Å²) in [6.45, 7) is 8.31. The Bertz CT molecular complexity index is 187. The van der Waals surface area contributed by atoms with Crippen molar-refractivity contribution in [3.05, 3.63) is 0 Å². The largest absolute Gasteiger partial charge is 0.379 e. The quantitative estimate of drug-likeness (QED) is 0.679. The van der Waals surface area contributed by atoms with Crippen LogP contribution in [0.25, 0.3) is 0 Å². The van der Waals surface area contributed by atoms with Crippen LogP contribution in [0.3, 0.4) is 0 Å². The summed E-state index contributed by atoms with van der Waals surface area (Å²) in [5.41, 5.74) is 6.00. The van der Waals surface area contributed by atoms with Crippen LogP contribution in [-0.2, 0) is 4.74 Å². The number of nitrogens with two attached hydrogens (primary N) is 1. The summed E-state index contributed by atoms with van der Waals surface area (Å²) in [6, 6.07) is 0.239. The van der Waals surface area contributed by atoms with Gasteiger partial charge in [0.15, 0.2) is 0 Å². The maximum Gasteiger partial charge on any atom is 0.0621 e. The zero-order chi connectivity index (χ0) is 12.0. The monoisotopic (exact) mass is 229 g/mol. The highest BCUT2D eigenvalue weighted by Gasteiger charge is 2.26. The van der Waals surface area contributed by atoms with Crippen LogP contribution in [0.15, 0.2) is 0 Å². The lowest BCUT2D eigenvalue weighted by Gasteiger charge is -2.25. The molecule has 0 aromatic heterocycles. The third kappa shape index (κ3) is 4.78. The van der Waals surface area contributed by atoms with Gasteiger partial charge in [-0.05, 0) is 40.2 Å². The van der Waals surface area contributed by atoms with Crippen molar-refractivity contribution in [2.45, 2.75) is 19.4 Å².